The average Bonchev–Trinajstić information content (AvgIpc) is 2.95. The van der Waals surface area contributed by atoms with Crippen molar-refractivity contribution < 1.29 is 43.0 Å². The highest BCUT2D eigenvalue weighted by atomic mass is 31.2. The third-order valence-corrected chi connectivity index (χ3v) is 6.42. The van der Waals surface area contributed by atoms with Crippen molar-refractivity contribution in [3.05, 3.63) is 118 Å². The summed E-state index contributed by atoms with van der Waals surface area (Å²) < 4.78 is 26.4. The molecule has 0 bridgehead atoms. The molecule has 0 radical (unpaired) electrons. The Morgan fingerprint density at radius 1 is 0.571 bits per heavy atom. The van der Waals surface area contributed by atoms with Gasteiger partial charge in [-0.15, -0.1) is 0 Å². The van der Waals surface area contributed by atoms with Gasteiger partial charge in [-0.25, -0.2) is 4.57 Å². The molecule has 0 saturated heterocycles. The van der Waals surface area contributed by atoms with E-state index in [1.807, 2.05) is 0 Å². The number of fused-ring (bicyclic) bond motifs is 2. The number of phosphoric ester groups is 1. The molecule has 4 aromatic carbocycles. The van der Waals surface area contributed by atoms with Gasteiger partial charge in [0.25, 0.3) is 0 Å². The van der Waals surface area contributed by atoms with Crippen LogP contribution in [-0.4, -0.2) is 25.1 Å². The van der Waals surface area contributed by atoms with E-state index in [9.17, 15) is 29.5 Å². The molecule has 12 heteroatoms. The number of rotatable bonds is 4. The lowest BCUT2D eigenvalue weighted by atomic mass is 10.1. The highest BCUT2D eigenvalue weighted by Crippen LogP contribution is 2.42. The summed E-state index contributed by atoms with van der Waals surface area (Å²) in [4.78, 5) is 41.5. The first-order valence-electron chi connectivity index (χ1n) is 12.2. The van der Waals surface area contributed by atoms with E-state index in [0.29, 0.717) is 38.8 Å². The minimum atomic E-state index is -4.78. The SMILES string of the molecule is O=c1cc(-c2ccc(O)c(O)c2)oc2ccccc12.O=c1cc(-c2ccc(OP(=O)(O)O)c(O)c2)oc2ccccc12. The van der Waals surface area contributed by atoms with Crippen LogP contribution in [0.1, 0.15) is 0 Å². The number of phenols is 3. The number of benzene rings is 4. The fraction of sp³-hybridized carbons (Fsp3) is 0. The van der Waals surface area contributed by atoms with Crippen LogP contribution in [-0.2, 0) is 4.57 Å². The molecular formula is C30H21O11P. The van der Waals surface area contributed by atoms with Crippen LogP contribution in [0.3, 0.4) is 0 Å². The minimum absolute atomic E-state index is 0.149. The van der Waals surface area contributed by atoms with Crippen molar-refractivity contribution in [1.29, 1.82) is 0 Å². The maximum atomic E-state index is 12.1. The standard InChI is InChI=1S/C15H11O7P.C15H10O4/c16-11-8-15(21-13-4-2-1-3-10(11)13)9-5-6-14(12(17)7-9)22-23(18,19)20;16-11-6-5-9(7-13(11)18)15-8-12(17)10-3-1-2-4-14(10)19-15/h1-8,17H,(H2,18,19,20);1-8,16,18H. The molecule has 0 aliphatic heterocycles. The summed E-state index contributed by atoms with van der Waals surface area (Å²) in [6.07, 6.45) is 0. The van der Waals surface area contributed by atoms with E-state index in [4.69, 9.17) is 18.6 Å². The van der Waals surface area contributed by atoms with Crippen molar-refractivity contribution >= 4 is 29.8 Å². The van der Waals surface area contributed by atoms with Crippen LogP contribution in [0.15, 0.2) is 115 Å². The zero-order valence-corrected chi connectivity index (χ0v) is 22.3. The molecule has 2 heterocycles. The second kappa shape index (κ2) is 11.3. The Morgan fingerprint density at radius 2 is 1.05 bits per heavy atom. The van der Waals surface area contributed by atoms with Crippen LogP contribution in [0.4, 0.5) is 0 Å². The lowest BCUT2D eigenvalue weighted by Crippen LogP contribution is -2.00. The molecule has 11 nitrogen and oxygen atoms in total. The zero-order valence-electron chi connectivity index (χ0n) is 21.4. The Bertz CT molecular complexity index is 2110. The first kappa shape index (κ1) is 28.2. The molecule has 0 aliphatic carbocycles. The first-order valence-corrected chi connectivity index (χ1v) is 13.7. The van der Waals surface area contributed by atoms with Crippen molar-refractivity contribution in [3.63, 3.8) is 0 Å². The van der Waals surface area contributed by atoms with E-state index in [1.54, 1.807) is 54.6 Å². The predicted molar refractivity (Wildman–Crippen MR) is 154 cm³/mol. The third kappa shape index (κ3) is 6.18. The largest absolute Gasteiger partial charge is 0.524 e. The number of phosphoric acid groups is 1. The molecule has 5 N–H and O–H groups in total. The van der Waals surface area contributed by atoms with E-state index in [1.165, 1.54) is 42.5 Å². The van der Waals surface area contributed by atoms with E-state index in [2.05, 4.69) is 4.52 Å². The molecule has 0 atom stereocenters. The number of aromatic hydroxyl groups is 3. The fourth-order valence-electron chi connectivity index (χ4n) is 4.05. The molecule has 0 spiro atoms. The molecule has 6 aromatic rings. The molecule has 0 amide bonds. The van der Waals surface area contributed by atoms with Gasteiger partial charge in [-0.3, -0.25) is 19.4 Å². The van der Waals surface area contributed by atoms with Crippen molar-refractivity contribution in [2.24, 2.45) is 0 Å². The molecule has 6 rings (SSSR count). The number of phenolic OH excluding ortho intramolecular Hbond substituents is 3. The first-order chi connectivity index (χ1) is 20.0. The molecule has 212 valence electrons. The second-order valence-electron chi connectivity index (χ2n) is 8.91. The van der Waals surface area contributed by atoms with Gasteiger partial charge in [-0.2, -0.15) is 0 Å². The van der Waals surface area contributed by atoms with Gasteiger partial charge in [0.2, 0.25) is 0 Å². The molecule has 42 heavy (non-hydrogen) atoms. The normalized spacial score (nSPS) is 11.2. The maximum Gasteiger partial charge on any atom is 0.524 e. The summed E-state index contributed by atoms with van der Waals surface area (Å²) in [6.45, 7) is 0. The molecular weight excluding hydrogens is 567 g/mol. The summed E-state index contributed by atoms with van der Waals surface area (Å²) in [5.41, 5.74) is 1.38. The minimum Gasteiger partial charge on any atom is -0.504 e. The van der Waals surface area contributed by atoms with Crippen LogP contribution in [0.2, 0.25) is 0 Å². The van der Waals surface area contributed by atoms with Gasteiger partial charge >= 0.3 is 7.82 Å². The van der Waals surface area contributed by atoms with Gasteiger partial charge in [0.15, 0.2) is 33.9 Å². The smallest absolute Gasteiger partial charge is 0.504 e. The fourth-order valence-corrected chi connectivity index (χ4v) is 4.46. The predicted octanol–water partition coefficient (Wildman–Crippen LogP) is 5.51. The quantitative estimate of drug-likeness (QED) is 0.129. The molecule has 0 fully saturated rings. The lowest BCUT2D eigenvalue weighted by molar-refractivity contribution is 0.278. The Morgan fingerprint density at radius 3 is 1.52 bits per heavy atom. The van der Waals surface area contributed by atoms with E-state index < -0.39 is 13.6 Å². The van der Waals surface area contributed by atoms with Gasteiger partial charge < -0.3 is 28.7 Å². The summed E-state index contributed by atoms with van der Waals surface area (Å²) >= 11 is 0. The monoisotopic (exact) mass is 588 g/mol. The van der Waals surface area contributed by atoms with Gasteiger partial charge in [-0.1, -0.05) is 24.3 Å². The Labute approximate surface area is 236 Å². The number of hydrogen-bond acceptors (Lipinski definition) is 9. The Balaban J connectivity index is 0.000000171. The van der Waals surface area contributed by atoms with Gasteiger partial charge in [-0.05, 0) is 60.7 Å². The van der Waals surface area contributed by atoms with Gasteiger partial charge in [0, 0.05) is 23.3 Å². The third-order valence-electron chi connectivity index (χ3n) is 5.99. The zero-order chi connectivity index (χ0) is 30.0. The van der Waals surface area contributed by atoms with Crippen LogP contribution in [0.5, 0.6) is 23.0 Å². The van der Waals surface area contributed by atoms with Gasteiger partial charge in [0.05, 0.1) is 10.8 Å². The van der Waals surface area contributed by atoms with Crippen molar-refractivity contribution in [2.75, 3.05) is 0 Å². The average molecular weight is 588 g/mol. The molecule has 0 saturated carbocycles. The second-order valence-corrected chi connectivity index (χ2v) is 10.1. The highest BCUT2D eigenvalue weighted by molar-refractivity contribution is 7.46. The Kier molecular flexibility index (Phi) is 7.56. The summed E-state index contributed by atoms with van der Waals surface area (Å²) in [7, 11) is -4.78. The Hall–Kier alpha value is -5.35. The van der Waals surface area contributed by atoms with Crippen LogP contribution < -0.4 is 15.4 Å². The van der Waals surface area contributed by atoms with E-state index >= 15 is 0 Å². The summed E-state index contributed by atoms with van der Waals surface area (Å²) in [6, 6.07) is 24.4. The maximum absolute atomic E-state index is 12.1. The lowest BCUT2D eigenvalue weighted by Gasteiger charge is -2.09. The summed E-state index contributed by atoms with van der Waals surface area (Å²) in [5, 5.41) is 29.5. The number of para-hydroxylation sites is 2. The summed E-state index contributed by atoms with van der Waals surface area (Å²) in [5.74, 6) is -0.766. The van der Waals surface area contributed by atoms with Crippen molar-refractivity contribution in [3.8, 4) is 45.6 Å². The van der Waals surface area contributed by atoms with E-state index in [-0.39, 0.29) is 33.9 Å². The molecule has 2 aromatic heterocycles. The molecule has 0 aliphatic rings. The van der Waals surface area contributed by atoms with Crippen molar-refractivity contribution in [2.45, 2.75) is 0 Å². The highest BCUT2D eigenvalue weighted by Gasteiger charge is 2.19. The van der Waals surface area contributed by atoms with E-state index in [0.717, 1.165) is 0 Å². The molecule has 0 unspecified atom stereocenters. The van der Waals surface area contributed by atoms with Crippen LogP contribution in [0, 0.1) is 0 Å². The van der Waals surface area contributed by atoms with Crippen LogP contribution >= 0.6 is 7.82 Å². The van der Waals surface area contributed by atoms with Crippen molar-refractivity contribution in [1.82, 2.24) is 0 Å². The topological polar surface area (TPSA) is 188 Å². The number of hydrogen-bond donors (Lipinski definition) is 5. The van der Waals surface area contributed by atoms with Crippen LogP contribution in [0.25, 0.3) is 44.6 Å². The van der Waals surface area contributed by atoms with Gasteiger partial charge in [0.1, 0.15) is 22.7 Å².